The van der Waals surface area contributed by atoms with E-state index in [4.69, 9.17) is 22.8 Å². The fourth-order valence-electron chi connectivity index (χ4n) is 5.32. The van der Waals surface area contributed by atoms with E-state index < -0.39 is 42.8 Å². The molecule has 0 heterocycles. The van der Waals surface area contributed by atoms with Gasteiger partial charge < -0.3 is 10.6 Å². The predicted octanol–water partition coefficient (Wildman–Crippen LogP) is 6.09. The first kappa shape index (κ1) is 47.7. The normalized spacial score (nSPS) is 14.6. The van der Waals surface area contributed by atoms with Crippen LogP contribution < -0.4 is 10.6 Å². The smallest absolute Gasteiger partial charge is 0.305 e. The summed E-state index contributed by atoms with van der Waals surface area (Å²) < 4.78 is 49.9. The van der Waals surface area contributed by atoms with E-state index in [1.165, 1.54) is 0 Å². The molecule has 284 valence electrons. The summed E-state index contributed by atoms with van der Waals surface area (Å²) in [6, 6.07) is 0. The predicted molar refractivity (Wildman–Crippen MR) is 218 cm³/mol. The van der Waals surface area contributed by atoms with Gasteiger partial charge in [0.1, 0.15) is 14.7 Å². The third-order valence-corrected chi connectivity index (χ3v) is 28.3. The molecule has 0 aliphatic rings. The fraction of sp³-hybridized carbons (Fsp3) is 1.00. The summed E-state index contributed by atoms with van der Waals surface area (Å²) in [5, 5.41) is 6.95. The summed E-state index contributed by atoms with van der Waals surface area (Å²) in [6.07, 6.45) is 1.30. The molecule has 47 heavy (non-hydrogen) atoms. The van der Waals surface area contributed by atoms with Crippen LogP contribution in [-0.4, -0.2) is 201 Å². The molecule has 0 aromatic carbocycles. The lowest BCUT2D eigenvalue weighted by molar-refractivity contribution is 0.472. The molecule has 0 aromatic heterocycles. The van der Waals surface area contributed by atoms with Gasteiger partial charge in [-0.1, -0.05) is 0 Å². The summed E-state index contributed by atoms with van der Waals surface area (Å²) in [7, 11) is 28.2. The van der Waals surface area contributed by atoms with E-state index >= 15 is 0 Å². The highest BCUT2D eigenvalue weighted by Gasteiger charge is 2.42. The molecule has 0 aliphatic heterocycles. The van der Waals surface area contributed by atoms with Crippen molar-refractivity contribution >= 4 is 37.2 Å². The van der Waals surface area contributed by atoms with Gasteiger partial charge in [-0.15, -0.1) is 0 Å². The van der Waals surface area contributed by atoms with Crippen LogP contribution in [0.2, 0.25) is 0 Å². The van der Waals surface area contributed by atoms with E-state index in [1.807, 2.05) is 14.1 Å². The van der Waals surface area contributed by atoms with Crippen LogP contribution in [0, 0.1) is 0 Å². The van der Waals surface area contributed by atoms with Crippen LogP contribution >= 0.6 is 37.2 Å². The molecule has 0 atom stereocenters. The van der Waals surface area contributed by atoms with Crippen LogP contribution in [0.5, 0.6) is 0 Å². The molecule has 0 saturated carbocycles. The molecular weight excluding hydrogens is 691 g/mol. The maximum atomic E-state index is 6.07. The summed E-state index contributed by atoms with van der Waals surface area (Å²) >= 11 is 0. The monoisotopic (exact) mass is 767 g/mol. The molecule has 0 amide bonds. The summed E-state index contributed by atoms with van der Waals surface area (Å²) in [5.74, 6) is 0. The highest BCUT2D eigenvalue weighted by molar-refractivity contribution is 7.82. The van der Waals surface area contributed by atoms with Gasteiger partial charge >= 0.3 is 7.51 Å². The summed E-state index contributed by atoms with van der Waals surface area (Å²) in [4.78, 5) is 0. The van der Waals surface area contributed by atoms with Gasteiger partial charge in [0.2, 0.25) is 7.51 Å². The van der Waals surface area contributed by atoms with Gasteiger partial charge in [0, 0.05) is 0 Å². The van der Waals surface area contributed by atoms with Crippen LogP contribution in [-0.2, 0) is 0 Å². The van der Waals surface area contributed by atoms with Crippen molar-refractivity contribution in [3.63, 3.8) is 0 Å². The van der Waals surface area contributed by atoms with Crippen molar-refractivity contribution in [3.8, 4) is 0 Å². The summed E-state index contributed by atoms with van der Waals surface area (Å²) in [6.45, 7) is 6.40. The molecule has 0 aliphatic carbocycles. The molecule has 0 rings (SSSR count). The Balaban J connectivity index is 10.1. The largest absolute Gasteiger partial charge is 0.312 e. The summed E-state index contributed by atoms with van der Waals surface area (Å²) in [5.41, 5.74) is -0.503. The molecule has 16 nitrogen and oxygen atoms in total. The Morgan fingerprint density at radius 1 is 0.426 bits per heavy atom. The Hall–Kier alpha value is 0.710. The Kier molecular flexibility index (Phi) is 18.7. The van der Waals surface area contributed by atoms with Crippen LogP contribution in [0.1, 0.15) is 20.8 Å². The zero-order chi connectivity index (χ0) is 37.6. The Labute approximate surface area is 291 Å². The molecule has 2 N–H and O–H groups in total. The van der Waals surface area contributed by atoms with Crippen LogP contribution in [0.4, 0.5) is 0 Å². The fourth-order valence-corrected chi connectivity index (χ4v) is 27.9. The van der Waals surface area contributed by atoms with Crippen LogP contribution in [0.15, 0.2) is 22.8 Å². The third kappa shape index (κ3) is 10.9. The molecule has 0 bridgehead atoms. The van der Waals surface area contributed by atoms with Crippen molar-refractivity contribution in [2.24, 2.45) is 22.8 Å². The molecule has 0 saturated heterocycles. The zero-order valence-electron chi connectivity index (χ0n) is 34.4. The number of nitrogens with zero attached hydrogens (tertiary/aromatic N) is 14. The van der Waals surface area contributed by atoms with E-state index in [-0.39, 0.29) is 0 Å². The highest BCUT2D eigenvalue weighted by atomic mass is 31.3. The molecule has 21 heteroatoms. The third-order valence-electron chi connectivity index (χ3n) is 7.43. The lowest BCUT2D eigenvalue weighted by Gasteiger charge is -2.45. The van der Waals surface area contributed by atoms with Crippen molar-refractivity contribution in [1.29, 1.82) is 0 Å². The van der Waals surface area contributed by atoms with E-state index in [9.17, 15) is 0 Å². The van der Waals surface area contributed by atoms with Gasteiger partial charge in [0.15, 0.2) is 7.51 Å². The molecule has 0 radical (unpaired) electrons. The molecule has 0 spiro atoms. The topological polar surface area (TPSA) is 115 Å². The van der Waals surface area contributed by atoms with Crippen LogP contribution in [0.3, 0.4) is 0 Å². The van der Waals surface area contributed by atoms with Crippen molar-refractivity contribution < 1.29 is 0 Å². The average molecular weight is 767 g/mol. The first-order valence-corrected chi connectivity index (χ1v) is 24.2. The standard InChI is InChI=1S/C26H75N16P5/c1-26(2,3)29-45(30-43(24-27-4,34(6)7)35(8)9,31-44(25-28-5,36(10)11)37(12)13)32-46(38(14)15,39(16)17)33-47(40(18)19,41(20)21)42(22)23/h27-28H,24-25H2,1-23H3. The molecule has 0 fully saturated rings. The van der Waals surface area contributed by atoms with Gasteiger partial charge in [-0.25, -0.2) is 14.1 Å². The maximum absolute atomic E-state index is 6.07. The van der Waals surface area contributed by atoms with Crippen molar-refractivity contribution in [2.45, 2.75) is 26.3 Å². The van der Waals surface area contributed by atoms with E-state index in [0.717, 1.165) is 0 Å². The van der Waals surface area contributed by atoms with Crippen LogP contribution in [0.25, 0.3) is 0 Å². The van der Waals surface area contributed by atoms with Crippen molar-refractivity contribution in [3.05, 3.63) is 0 Å². The number of hydrogen-bond donors (Lipinski definition) is 2. The first-order valence-electron chi connectivity index (χ1n) is 15.7. The van der Waals surface area contributed by atoms with Crippen molar-refractivity contribution in [2.75, 3.05) is 154 Å². The Bertz CT molecular complexity index is 1170. The van der Waals surface area contributed by atoms with Gasteiger partial charge in [-0.2, -0.15) is 18.1 Å². The van der Waals surface area contributed by atoms with E-state index in [0.29, 0.717) is 12.6 Å². The highest BCUT2D eigenvalue weighted by Crippen LogP contribution is 2.79. The molecule has 0 aromatic rings. The second-order valence-electron chi connectivity index (χ2n) is 14.3. The number of rotatable bonds is 17. The number of hydrogen-bond acceptors (Lipinski definition) is 3. The van der Waals surface area contributed by atoms with E-state index in [2.05, 4.69) is 200 Å². The zero-order valence-corrected chi connectivity index (χ0v) is 38.9. The minimum Gasteiger partial charge on any atom is -0.312 e. The first-order chi connectivity index (χ1) is 21.1. The van der Waals surface area contributed by atoms with Gasteiger partial charge in [0.25, 0.3) is 0 Å². The second kappa shape index (κ2) is 18.5. The second-order valence-corrected chi connectivity index (χ2v) is 31.2. The minimum absolute atomic E-state index is 0.503. The van der Waals surface area contributed by atoms with Gasteiger partial charge in [0.05, 0.1) is 18.1 Å². The average Bonchev–Trinajstić information content (AvgIpc) is 2.87. The number of nitrogens with one attached hydrogen (secondary N) is 2. The molecular formula is C26H75N16P5. The van der Waals surface area contributed by atoms with E-state index in [1.54, 1.807) is 0 Å². The van der Waals surface area contributed by atoms with Gasteiger partial charge in [-0.3, -0.25) is 32.7 Å². The van der Waals surface area contributed by atoms with Crippen molar-refractivity contribution in [1.82, 2.24) is 52.7 Å². The maximum Gasteiger partial charge on any atom is 0.305 e. The Morgan fingerprint density at radius 3 is 0.915 bits per heavy atom. The van der Waals surface area contributed by atoms with Gasteiger partial charge in [-0.05, 0) is 162 Å². The quantitative estimate of drug-likeness (QED) is 0.168. The molecule has 0 unspecified atom stereocenters. The Morgan fingerprint density at radius 2 is 0.723 bits per heavy atom. The SMILES string of the molecule is CNCP(=NP(=NC(C)(C)C)(N=P(CNC)(N(C)C)N(C)C)N=P(N=P(N(C)C)(N(C)C)N(C)C)(N(C)C)N(C)C)(N(C)C)N(C)C. The lowest BCUT2D eigenvalue weighted by Crippen LogP contribution is -2.32. The minimum atomic E-state index is -3.36. The lowest BCUT2D eigenvalue weighted by atomic mass is 10.1.